The molecular formula is C17H31NO2. The quantitative estimate of drug-likeness (QED) is 0.727. The van der Waals surface area contributed by atoms with Crippen molar-refractivity contribution < 1.29 is 9.47 Å². The van der Waals surface area contributed by atoms with Crippen molar-refractivity contribution in [2.24, 2.45) is 11.8 Å². The summed E-state index contributed by atoms with van der Waals surface area (Å²) in [4.78, 5) is 0. The Bertz CT molecular complexity index is 303. The minimum Gasteiger partial charge on any atom is -0.378 e. The van der Waals surface area contributed by atoms with Crippen molar-refractivity contribution in [3.63, 3.8) is 0 Å². The van der Waals surface area contributed by atoms with Gasteiger partial charge in [0, 0.05) is 12.6 Å². The van der Waals surface area contributed by atoms with Gasteiger partial charge in [-0.2, -0.15) is 0 Å². The Labute approximate surface area is 124 Å². The normalized spacial score (nSPS) is 34.0. The van der Waals surface area contributed by atoms with Gasteiger partial charge in [0.2, 0.25) is 0 Å². The Hall–Kier alpha value is -0.380. The first-order valence-electron chi connectivity index (χ1n) is 8.26. The number of hydrogen-bond acceptors (Lipinski definition) is 3. The summed E-state index contributed by atoms with van der Waals surface area (Å²) >= 11 is 0. The molecule has 0 aromatic heterocycles. The predicted octanol–water partition coefficient (Wildman–Crippen LogP) is 3.15. The smallest absolute Gasteiger partial charge is 0.0813 e. The van der Waals surface area contributed by atoms with Crippen LogP contribution < -0.4 is 5.32 Å². The molecular weight excluding hydrogens is 250 g/mol. The van der Waals surface area contributed by atoms with E-state index in [1.54, 1.807) is 0 Å². The largest absolute Gasteiger partial charge is 0.378 e. The lowest BCUT2D eigenvalue weighted by molar-refractivity contribution is -0.0265. The molecule has 1 fully saturated rings. The van der Waals surface area contributed by atoms with Gasteiger partial charge in [-0.15, -0.1) is 0 Å². The molecule has 1 heterocycles. The second kappa shape index (κ2) is 8.16. The predicted molar refractivity (Wildman–Crippen MR) is 82.9 cm³/mol. The standard InChI is InChI=1S/C17H31NO2/c1-13(2)18-10-16-8-9-17(20-16)12-19-11-15-7-5-4-6-14(15)3/h4-5,13-18H,6-12H2,1-3H3. The van der Waals surface area contributed by atoms with Crippen LogP contribution in [0, 0.1) is 11.8 Å². The van der Waals surface area contributed by atoms with Gasteiger partial charge in [0.15, 0.2) is 0 Å². The van der Waals surface area contributed by atoms with E-state index < -0.39 is 0 Å². The van der Waals surface area contributed by atoms with Gasteiger partial charge in [0.1, 0.15) is 0 Å². The van der Waals surface area contributed by atoms with Crippen LogP contribution in [0.2, 0.25) is 0 Å². The molecule has 2 rings (SSSR count). The molecule has 4 unspecified atom stereocenters. The lowest BCUT2D eigenvalue weighted by Crippen LogP contribution is -2.32. The first-order chi connectivity index (χ1) is 9.65. The third kappa shape index (κ3) is 5.19. The summed E-state index contributed by atoms with van der Waals surface area (Å²) in [6.45, 7) is 9.31. The van der Waals surface area contributed by atoms with Crippen molar-refractivity contribution in [1.82, 2.24) is 5.32 Å². The maximum Gasteiger partial charge on any atom is 0.0813 e. The van der Waals surface area contributed by atoms with E-state index >= 15 is 0 Å². The molecule has 1 N–H and O–H groups in total. The van der Waals surface area contributed by atoms with Gasteiger partial charge in [0.05, 0.1) is 25.4 Å². The molecule has 3 nitrogen and oxygen atoms in total. The molecule has 0 bridgehead atoms. The molecule has 2 aliphatic rings. The maximum absolute atomic E-state index is 6.03. The van der Waals surface area contributed by atoms with Crippen molar-refractivity contribution in [3.05, 3.63) is 12.2 Å². The summed E-state index contributed by atoms with van der Waals surface area (Å²) < 4.78 is 11.9. The van der Waals surface area contributed by atoms with Gasteiger partial charge >= 0.3 is 0 Å². The maximum atomic E-state index is 6.03. The van der Waals surface area contributed by atoms with Crippen LogP contribution in [0.4, 0.5) is 0 Å². The number of nitrogens with one attached hydrogen (secondary N) is 1. The van der Waals surface area contributed by atoms with Crippen LogP contribution in [0.3, 0.4) is 0 Å². The Morgan fingerprint density at radius 3 is 2.65 bits per heavy atom. The van der Waals surface area contributed by atoms with Crippen molar-refractivity contribution in [3.8, 4) is 0 Å². The molecule has 0 saturated carbocycles. The summed E-state index contributed by atoms with van der Waals surface area (Å²) in [7, 11) is 0. The van der Waals surface area contributed by atoms with E-state index in [9.17, 15) is 0 Å². The van der Waals surface area contributed by atoms with Gasteiger partial charge in [-0.05, 0) is 37.5 Å². The zero-order chi connectivity index (χ0) is 14.4. The van der Waals surface area contributed by atoms with Crippen LogP contribution in [0.15, 0.2) is 12.2 Å². The molecule has 0 amide bonds. The number of hydrogen-bond donors (Lipinski definition) is 1. The lowest BCUT2D eigenvalue weighted by atomic mass is 9.85. The van der Waals surface area contributed by atoms with E-state index in [-0.39, 0.29) is 0 Å². The van der Waals surface area contributed by atoms with Crippen LogP contribution in [-0.4, -0.2) is 38.0 Å². The van der Waals surface area contributed by atoms with E-state index in [2.05, 4.69) is 38.2 Å². The monoisotopic (exact) mass is 281 g/mol. The van der Waals surface area contributed by atoms with Crippen LogP contribution in [0.5, 0.6) is 0 Å². The summed E-state index contributed by atoms with van der Waals surface area (Å²) in [5.41, 5.74) is 0. The van der Waals surface area contributed by atoms with Gasteiger partial charge in [-0.3, -0.25) is 0 Å². The Morgan fingerprint density at radius 2 is 1.90 bits per heavy atom. The third-order valence-corrected chi connectivity index (χ3v) is 4.50. The van der Waals surface area contributed by atoms with Crippen LogP contribution in [0.1, 0.15) is 46.5 Å². The Balaban J connectivity index is 1.57. The Morgan fingerprint density at radius 1 is 1.15 bits per heavy atom. The molecule has 20 heavy (non-hydrogen) atoms. The third-order valence-electron chi connectivity index (χ3n) is 4.50. The van der Waals surface area contributed by atoms with Gasteiger partial charge in [0.25, 0.3) is 0 Å². The SMILES string of the molecule is CC(C)NCC1CCC(COCC2CC=CCC2C)O1. The van der Waals surface area contributed by atoms with Crippen molar-refractivity contribution in [1.29, 1.82) is 0 Å². The number of allylic oxidation sites excluding steroid dienone is 2. The summed E-state index contributed by atoms with van der Waals surface area (Å²) in [6, 6.07) is 0.537. The summed E-state index contributed by atoms with van der Waals surface area (Å²) in [6.07, 6.45) is 9.97. The van der Waals surface area contributed by atoms with E-state index in [1.807, 2.05) is 0 Å². The summed E-state index contributed by atoms with van der Waals surface area (Å²) in [5.74, 6) is 1.45. The highest BCUT2D eigenvalue weighted by Crippen LogP contribution is 2.26. The van der Waals surface area contributed by atoms with E-state index in [0.29, 0.717) is 24.2 Å². The average Bonchev–Trinajstić information content (AvgIpc) is 2.87. The number of rotatable bonds is 7. The second-order valence-electron chi connectivity index (χ2n) is 6.74. The fourth-order valence-electron chi connectivity index (χ4n) is 3.01. The van der Waals surface area contributed by atoms with E-state index in [1.165, 1.54) is 12.8 Å². The highest BCUT2D eigenvalue weighted by molar-refractivity contribution is 4.93. The molecule has 4 atom stereocenters. The minimum absolute atomic E-state index is 0.309. The molecule has 116 valence electrons. The first-order valence-corrected chi connectivity index (χ1v) is 8.26. The topological polar surface area (TPSA) is 30.5 Å². The van der Waals surface area contributed by atoms with Gasteiger partial charge in [-0.25, -0.2) is 0 Å². The van der Waals surface area contributed by atoms with Crippen molar-refractivity contribution in [2.45, 2.75) is 64.7 Å². The van der Waals surface area contributed by atoms with E-state index in [0.717, 1.165) is 38.5 Å². The van der Waals surface area contributed by atoms with Gasteiger partial charge in [-0.1, -0.05) is 32.9 Å². The molecule has 1 aliphatic heterocycles. The minimum atomic E-state index is 0.309. The highest BCUT2D eigenvalue weighted by Gasteiger charge is 2.26. The van der Waals surface area contributed by atoms with Crippen LogP contribution in [-0.2, 0) is 9.47 Å². The molecule has 0 aromatic carbocycles. The molecule has 0 radical (unpaired) electrons. The molecule has 3 heteroatoms. The Kier molecular flexibility index (Phi) is 6.53. The molecule has 0 spiro atoms. The number of ether oxygens (including phenoxy) is 2. The van der Waals surface area contributed by atoms with Gasteiger partial charge < -0.3 is 14.8 Å². The lowest BCUT2D eigenvalue weighted by Gasteiger charge is -2.25. The summed E-state index contributed by atoms with van der Waals surface area (Å²) in [5, 5.41) is 3.45. The van der Waals surface area contributed by atoms with E-state index in [4.69, 9.17) is 9.47 Å². The fraction of sp³-hybridized carbons (Fsp3) is 0.882. The second-order valence-corrected chi connectivity index (χ2v) is 6.74. The zero-order valence-electron chi connectivity index (χ0n) is 13.3. The van der Waals surface area contributed by atoms with Crippen LogP contribution >= 0.6 is 0 Å². The fourth-order valence-corrected chi connectivity index (χ4v) is 3.01. The molecule has 1 saturated heterocycles. The highest BCUT2D eigenvalue weighted by atomic mass is 16.5. The first kappa shape index (κ1) is 16.0. The van der Waals surface area contributed by atoms with Crippen LogP contribution in [0.25, 0.3) is 0 Å². The van der Waals surface area contributed by atoms with Crippen molar-refractivity contribution in [2.75, 3.05) is 19.8 Å². The molecule has 1 aliphatic carbocycles. The average molecular weight is 281 g/mol. The zero-order valence-corrected chi connectivity index (χ0v) is 13.3. The van der Waals surface area contributed by atoms with Crippen molar-refractivity contribution >= 4 is 0 Å². The molecule has 0 aromatic rings.